The molecule has 0 saturated carbocycles. The molecule has 0 aliphatic rings. The number of hydrogen-bond donors (Lipinski definition) is 1. The molecule has 0 aliphatic heterocycles. The SMILES string of the molecule is CC(O)c1cc(Br)cc([N+](=O)[O-])c1OCc1ccccn1. The van der Waals surface area contributed by atoms with E-state index in [0.717, 1.165) is 0 Å². The Hall–Kier alpha value is -1.99. The van der Waals surface area contributed by atoms with Crippen LogP contribution in [-0.2, 0) is 6.61 Å². The number of nitrogens with zero attached hydrogens (tertiary/aromatic N) is 2. The Labute approximate surface area is 129 Å². The van der Waals surface area contributed by atoms with Crippen molar-refractivity contribution >= 4 is 21.6 Å². The van der Waals surface area contributed by atoms with E-state index in [-0.39, 0.29) is 18.0 Å². The molecule has 2 rings (SSSR count). The van der Waals surface area contributed by atoms with Crippen LogP contribution in [0.5, 0.6) is 5.75 Å². The Morgan fingerprint density at radius 2 is 2.24 bits per heavy atom. The molecule has 1 heterocycles. The van der Waals surface area contributed by atoms with Crippen molar-refractivity contribution in [2.75, 3.05) is 0 Å². The zero-order chi connectivity index (χ0) is 15.4. The van der Waals surface area contributed by atoms with Crippen molar-refractivity contribution in [3.05, 3.63) is 62.4 Å². The van der Waals surface area contributed by atoms with Crippen molar-refractivity contribution in [1.29, 1.82) is 0 Å². The number of aliphatic hydroxyl groups is 1. The summed E-state index contributed by atoms with van der Waals surface area (Å²) in [6, 6.07) is 8.28. The first kappa shape index (κ1) is 15.4. The highest BCUT2D eigenvalue weighted by Crippen LogP contribution is 2.38. The van der Waals surface area contributed by atoms with Crippen LogP contribution in [-0.4, -0.2) is 15.0 Å². The monoisotopic (exact) mass is 352 g/mol. The molecule has 1 atom stereocenters. The fourth-order valence-corrected chi connectivity index (χ4v) is 2.30. The molecule has 1 aromatic heterocycles. The van der Waals surface area contributed by atoms with Crippen LogP contribution in [0, 0.1) is 10.1 Å². The van der Waals surface area contributed by atoms with E-state index >= 15 is 0 Å². The number of aliphatic hydroxyl groups excluding tert-OH is 1. The molecule has 1 aromatic carbocycles. The molecule has 0 aliphatic carbocycles. The van der Waals surface area contributed by atoms with Gasteiger partial charge in [0, 0.05) is 22.3 Å². The summed E-state index contributed by atoms with van der Waals surface area (Å²) >= 11 is 3.20. The van der Waals surface area contributed by atoms with Crippen LogP contribution < -0.4 is 4.74 Å². The molecule has 0 fully saturated rings. The molecule has 110 valence electrons. The van der Waals surface area contributed by atoms with Gasteiger partial charge in [-0.15, -0.1) is 0 Å². The molecular formula is C14H13BrN2O4. The first-order chi connectivity index (χ1) is 9.99. The van der Waals surface area contributed by atoms with Crippen LogP contribution in [0.4, 0.5) is 5.69 Å². The quantitative estimate of drug-likeness (QED) is 0.658. The van der Waals surface area contributed by atoms with Crippen LogP contribution in [0.2, 0.25) is 0 Å². The second-order valence-corrected chi connectivity index (χ2v) is 5.30. The number of halogens is 1. The molecule has 2 aromatic rings. The minimum atomic E-state index is -0.889. The van der Waals surface area contributed by atoms with E-state index in [1.54, 1.807) is 30.5 Å². The van der Waals surface area contributed by atoms with E-state index in [1.165, 1.54) is 13.0 Å². The van der Waals surface area contributed by atoms with E-state index in [9.17, 15) is 15.2 Å². The Balaban J connectivity index is 2.38. The number of aromatic nitrogens is 1. The van der Waals surface area contributed by atoms with Gasteiger partial charge < -0.3 is 9.84 Å². The Morgan fingerprint density at radius 3 is 2.81 bits per heavy atom. The standard InChI is InChI=1S/C14H13BrN2O4/c1-9(18)12-6-10(15)7-13(17(19)20)14(12)21-8-11-4-2-3-5-16-11/h2-7,9,18H,8H2,1H3. The summed E-state index contributed by atoms with van der Waals surface area (Å²) in [5.41, 5.74) is 0.800. The lowest BCUT2D eigenvalue weighted by Crippen LogP contribution is -2.05. The minimum Gasteiger partial charge on any atom is -0.480 e. The van der Waals surface area contributed by atoms with E-state index in [1.807, 2.05) is 0 Å². The van der Waals surface area contributed by atoms with E-state index in [2.05, 4.69) is 20.9 Å². The lowest BCUT2D eigenvalue weighted by atomic mass is 10.1. The molecule has 1 unspecified atom stereocenters. The third kappa shape index (κ3) is 3.77. The second kappa shape index (κ2) is 6.64. The second-order valence-electron chi connectivity index (χ2n) is 4.39. The zero-order valence-electron chi connectivity index (χ0n) is 11.2. The molecule has 0 radical (unpaired) electrons. The van der Waals surface area contributed by atoms with Gasteiger partial charge in [0.15, 0.2) is 0 Å². The Kier molecular flexibility index (Phi) is 4.87. The van der Waals surface area contributed by atoms with Crippen molar-refractivity contribution in [3.63, 3.8) is 0 Å². The fraction of sp³-hybridized carbons (Fsp3) is 0.214. The van der Waals surface area contributed by atoms with Crippen molar-refractivity contribution in [2.24, 2.45) is 0 Å². The predicted molar refractivity (Wildman–Crippen MR) is 80.0 cm³/mol. The van der Waals surface area contributed by atoms with Gasteiger partial charge in [0.05, 0.1) is 16.7 Å². The number of benzene rings is 1. The molecule has 0 saturated heterocycles. The number of hydrogen-bond acceptors (Lipinski definition) is 5. The van der Waals surface area contributed by atoms with Gasteiger partial charge in [0.1, 0.15) is 6.61 Å². The summed E-state index contributed by atoms with van der Waals surface area (Å²) < 4.78 is 6.06. The normalized spacial score (nSPS) is 12.0. The maximum absolute atomic E-state index is 11.2. The number of nitro groups is 1. The van der Waals surface area contributed by atoms with Gasteiger partial charge in [0.2, 0.25) is 5.75 Å². The molecule has 21 heavy (non-hydrogen) atoms. The maximum Gasteiger partial charge on any atom is 0.312 e. The topological polar surface area (TPSA) is 85.5 Å². The summed E-state index contributed by atoms with van der Waals surface area (Å²) in [6.07, 6.45) is 0.726. The third-order valence-electron chi connectivity index (χ3n) is 2.80. The third-order valence-corrected chi connectivity index (χ3v) is 3.26. The first-order valence-electron chi connectivity index (χ1n) is 6.17. The van der Waals surface area contributed by atoms with Crippen molar-refractivity contribution in [2.45, 2.75) is 19.6 Å². The Morgan fingerprint density at radius 1 is 1.48 bits per heavy atom. The lowest BCUT2D eigenvalue weighted by Gasteiger charge is -2.14. The van der Waals surface area contributed by atoms with E-state index in [0.29, 0.717) is 15.7 Å². The Bertz CT molecular complexity index is 647. The smallest absolute Gasteiger partial charge is 0.312 e. The molecule has 7 heteroatoms. The van der Waals surface area contributed by atoms with Gasteiger partial charge in [-0.05, 0) is 25.1 Å². The molecule has 1 N–H and O–H groups in total. The molecule has 0 amide bonds. The van der Waals surface area contributed by atoms with E-state index in [4.69, 9.17) is 4.74 Å². The van der Waals surface area contributed by atoms with Crippen molar-refractivity contribution < 1.29 is 14.8 Å². The van der Waals surface area contributed by atoms with Crippen molar-refractivity contribution in [3.8, 4) is 5.75 Å². The highest BCUT2D eigenvalue weighted by Gasteiger charge is 2.23. The molecule has 0 bridgehead atoms. The zero-order valence-corrected chi connectivity index (χ0v) is 12.8. The van der Waals surface area contributed by atoms with Gasteiger partial charge in [-0.2, -0.15) is 0 Å². The largest absolute Gasteiger partial charge is 0.480 e. The molecule has 0 spiro atoms. The average molecular weight is 353 g/mol. The van der Waals surface area contributed by atoms with Crippen LogP contribution in [0.25, 0.3) is 0 Å². The highest BCUT2D eigenvalue weighted by molar-refractivity contribution is 9.10. The summed E-state index contributed by atoms with van der Waals surface area (Å²) in [6.45, 7) is 1.61. The number of pyridine rings is 1. The maximum atomic E-state index is 11.2. The highest BCUT2D eigenvalue weighted by atomic mass is 79.9. The van der Waals surface area contributed by atoms with E-state index < -0.39 is 11.0 Å². The van der Waals surface area contributed by atoms with Gasteiger partial charge in [-0.3, -0.25) is 15.1 Å². The minimum absolute atomic E-state index is 0.0591. The predicted octanol–water partition coefficient (Wildman–Crippen LogP) is 3.38. The van der Waals surface area contributed by atoms with Crippen LogP contribution in [0.1, 0.15) is 24.3 Å². The van der Waals surface area contributed by atoms with Crippen LogP contribution in [0.3, 0.4) is 0 Å². The summed E-state index contributed by atoms with van der Waals surface area (Å²) in [5, 5.41) is 21.0. The van der Waals surface area contributed by atoms with Crippen LogP contribution >= 0.6 is 15.9 Å². The van der Waals surface area contributed by atoms with Gasteiger partial charge in [0.25, 0.3) is 0 Å². The van der Waals surface area contributed by atoms with Crippen molar-refractivity contribution in [1.82, 2.24) is 4.98 Å². The average Bonchev–Trinajstić information content (AvgIpc) is 2.46. The first-order valence-corrected chi connectivity index (χ1v) is 6.97. The molecule has 6 nitrogen and oxygen atoms in total. The number of nitro benzene ring substituents is 1. The molecular weight excluding hydrogens is 340 g/mol. The van der Waals surface area contributed by atoms with Gasteiger partial charge in [-0.1, -0.05) is 22.0 Å². The number of rotatable bonds is 5. The summed E-state index contributed by atoms with van der Waals surface area (Å²) in [4.78, 5) is 14.7. The summed E-state index contributed by atoms with van der Waals surface area (Å²) in [5.74, 6) is 0.0591. The number of ether oxygens (including phenoxy) is 1. The van der Waals surface area contributed by atoms with Crippen LogP contribution in [0.15, 0.2) is 41.0 Å². The van der Waals surface area contributed by atoms with Gasteiger partial charge >= 0.3 is 5.69 Å². The fourth-order valence-electron chi connectivity index (χ4n) is 1.83. The lowest BCUT2D eigenvalue weighted by molar-refractivity contribution is -0.386. The summed E-state index contributed by atoms with van der Waals surface area (Å²) in [7, 11) is 0. The van der Waals surface area contributed by atoms with Gasteiger partial charge in [-0.25, -0.2) is 0 Å².